The van der Waals surface area contributed by atoms with Crippen molar-refractivity contribution in [2.45, 2.75) is 258 Å². The SMILES string of the molecule is CCCC/C=C\CCCCCCCC(=O)OC(/C=C/CCCCCCCCCCCCC)C(COP(=O)(O)OCC[N+](C)(C)C)NC(=O)CCCCC/C=C\CCCCCCCCC. The summed E-state index contributed by atoms with van der Waals surface area (Å²) >= 11 is 0. The van der Waals surface area contributed by atoms with Crippen LogP contribution in [0.2, 0.25) is 0 Å². The first-order valence-electron chi connectivity index (χ1n) is 26.8. The maximum absolute atomic E-state index is 13.4. The van der Waals surface area contributed by atoms with Crippen LogP contribution in [0.15, 0.2) is 36.5 Å². The lowest BCUT2D eigenvalue weighted by Crippen LogP contribution is -2.47. The van der Waals surface area contributed by atoms with Gasteiger partial charge < -0.3 is 19.4 Å². The molecule has 0 aliphatic rings. The zero-order valence-electron chi connectivity index (χ0n) is 42.8. The molecule has 0 spiro atoms. The molecule has 0 heterocycles. The molecule has 9 nitrogen and oxygen atoms in total. The monoisotopic (exact) mass is 924 g/mol. The molecule has 2 N–H and O–H groups in total. The van der Waals surface area contributed by atoms with Crippen LogP contribution in [-0.2, 0) is 27.9 Å². The lowest BCUT2D eigenvalue weighted by atomic mass is 10.0. The van der Waals surface area contributed by atoms with Crippen LogP contribution in [0.25, 0.3) is 0 Å². The number of ether oxygens (including phenoxy) is 1. The fourth-order valence-corrected chi connectivity index (χ4v) is 8.30. The Morgan fingerprint density at radius 1 is 0.531 bits per heavy atom. The van der Waals surface area contributed by atoms with Gasteiger partial charge in [0.05, 0.1) is 33.8 Å². The highest BCUT2D eigenvalue weighted by Gasteiger charge is 2.30. The van der Waals surface area contributed by atoms with E-state index in [1.54, 1.807) is 0 Å². The molecule has 0 aliphatic heterocycles. The van der Waals surface area contributed by atoms with Crippen molar-refractivity contribution in [3.63, 3.8) is 0 Å². The summed E-state index contributed by atoms with van der Waals surface area (Å²) in [4.78, 5) is 37.4. The first kappa shape index (κ1) is 62.2. The fourth-order valence-electron chi connectivity index (χ4n) is 7.56. The Balaban J connectivity index is 5.45. The summed E-state index contributed by atoms with van der Waals surface area (Å²) in [6.07, 6.45) is 51.3. The third kappa shape index (κ3) is 45.4. The van der Waals surface area contributed by atoms with Crippen molar-refractivity contribution >= 4 is 19.7 Å². The average molecular weight is 924 g/mol. The first-order valence-corrected chi connectivity index (χ1v) is 28.3. The van der Waals surface area contributed by atoms with Crippen molar-refractivity contribution in [2.24, 2.45) is 0 Å². The van der Waals surface area contributed by atoms with E-state index in [2.05, 4.69) is 50.4 Å². The second-order valence-corrected chi connectivity index (χ2v) is 20.8. The smallest absolute Gasteiger partial charge is 0.456 e. The van der Waals surface area contributed by atoms with Gasteiger partial charge >= 0.3 is 13.8 Å². The molecule has 0 saturated heterocycles. The topological polar surface area (TPSA) is 111 Å². The third-order valence-electron chi connectivity index (χ3n) is 11.8. The molecule has 0 rings (SSSR count). The molecule has 0 aromatic rings. The number of phosphoric ester groups is 1. The van der Waals surface area contributed by atoms with Crippen LogP contribution >= 0.6 is 7.82 Å². The predicted molar refractivity (Wildman–Crippen MR) is 272 cm³/mol. The van der Waals surface area contributed by atoms with Crippen molar-refractivity contribution in [1.29, 1.82) is 0 Å². The number of phosphoric acid groups is 1. The molecule has 0 bridgehead atoms. The van der Waals surface area contributed by atoms with Crippen LogP contribution in [0.5, 0.6) is 0 Å². The standard InChI is InChI=1S/C54H103N2O7P/c1-7-10-13-16-19-22-25-27-29-32-34-37-40-43-46-53(57)55-51(50-62-64(59,60)61-49-48-56(4,5)6)52(45-42-39-36-33-31-28-26-23-20-17-14-11-8-2)63-54(58)47-44-41-38-35-30-24-21-18-15-12-9-3/h18,21,29,32,42,45,51-52H,7-17,19-20,22-28,30-31,33-41,43-44,46-50H2,1-6H3,(H-,55,57,59,60)/p+1/b21-18-,32-29-,45-42+. The van der Waals surface area contributed by atoms with Gasteiger partial charge in [-0.1, -0.05) is 192 Å². The number of nitrogens with zero attached hydrogens (tertiary/aromatic N) is 1. The van der Waals surface area contributed by atoms with E-state index < -0.39 is 20.0 Å². The van der Waals surface area contributed by atoms with Crippen molar-refractivity contribution in [3.8, 4) is 0 Å². The summed E-state index contributed by atoms with van der Waals surface area (Å²) in [6.45, 7) is 6.95. The van der Waals surface area contributed by atoms with Gasteiger partial charge in [0.1, 0.15) is 19.3 Å². The summed E-state index contributed by atoms with van der Waals surface area (Å²) < 4.78 is 30.5. The molecule has 1 amide bonds. The Morgan fingerprint density at radius 2 is 0.922 bits per heavy atom. The van der Waals surface area contributed by atoms with E-state index in [1.807, 2.05) is 33.3 Å². The van der Waals surface area contributed by atoms with E-state index in [-0.39, 0.29) is 31.5 Å². The van der Waals surface area contributed by atoms with Crippen LogP contribution in [0.4, 0.5) is 0 Å². The molecule has 0 aliphatic carbocycles. The molecule has 0 fully saturated rings. The number of carbonyl (C=O) groups is 2. The van der Waals surface area contributed by atoms with Crippen molar-refractivity contribution in [3.05, 3.63) is 36.5 Å². The fraction of sp³-hybridized carbons (Fsp3) is 0.852. The zero-order chi connectivity index (χ0) is 47.3. The summed E-state index contributed by atoms with van der Waals surface area (Å²) in [7, 11) is 1.48. The highest BCUT2D eigenvalue weighted by atomic mass is 31.2. The Hall–Kier alpha value is -1.77. The molecule has 64 heavy (non-hydrogen) atoms. The van der Waals surface area contributed by atoms with Gasteiger partial charge in [-0.25, -0.2) is 4.57 Å². The summed E-state index contributed by atoms with van der Waals surface area (Å²) in [6, 6.07) is -0.854. The largest absolute Gasteiger partial charge is 0.472 e. The van der Waals surface area contributed by atoms with E-state index in [1.165, 1.54) is 116 Å². The van der Waals surface area contributed by atoms with E-state index >= 15 is 0 Å². The van der Waals surface area contributed by atoms with Gasteiger partial charge in [0, 0.05) is 12.8 Å². The molecule has 3 unspecified atom stereocenters. The number of carbonyl (C=O) groups excluding carboxylic acids is 2. The number of unbranched alkanes of at least 4 members (excludes halogenated alkanes) is 28. The number of nitrogens with one attached hydrogen (secondary N) is 1. The van der Waals surface area contributed by atoms with Crippen LogP contribution in [-0.4, -0.2) is 74.3 Å². The van der Waals surface area contributed by atoms with Crippen LogP contribution in [0.1, 0.15) is 245 Å². The van der Waals surface area contributed by atoms with Crippen molar-refractivity contribution in [1.82, 2.24) is 5.32 Å². The first-order chi connectivity index (χ1) is 30.9. The minimum absolute atomic E-state index is 0.0373. The minimum atomic E-state index is -4.44. The summed E-state index contributed by atoms with van der Waals surface area (Å²) in [5, 5.41) is 3.03. The van der Waals surface area contributed by atoms with Gasteiger partial charge in [-0.3, -0.25) is 18.6 Å². The zero-order valence-corrected chi connectivity index (χ0v) is 43.7. The molecular weight excluding hydrogens is 820 g/mol. The lowest BCUT2D eigenvalue weighted by molar-refractivity contribution is -0.870. The van der Waals surface area contributed by atoms with Gasteiger partial charge in [-0.2, -0.15) is 0 Å². The average Bonchev–Trinajstić information content (AvgIpc) is 3.25. The third-order valence-corrected chi connectivity index (χ3v) is 12.8. The number of amides is 1. The summed E-state index contributed by atoms with van der Waals surface area (Å²) in [5.74, 6) is -0.532. The maximum Gasteiger partial charge on any atom is 0.472 e. The molecule has 0 aromatic carbocycles. The number of allylic oxidation sites excluding steroid dienone is 5. The minimum Gasteiger partial charge on any atom is -0.456 e. The van der Waals surface area contributed by atoms with Crippen LogP contribution in [0, 0.1) is 0 Å². The quantitative estimate of drug-likeness (QED) is 0.0206. The predicted octanol–water partition coefficient (Wildman–Crippen LogP) is 15.6. The molecule has 0 saturated carbocycles. The number of likely N-dealkylation sites (N-methyl/N-ethyl adjacent to an activating group) is 1. The normalized spacial score (nSPS) is 14.2. The molecular formula is C54H104N2O7P+. The molecule has 0 aromatic heterocycles. The van der Waals surface area contributed by atoms with Crippen LogP contribution < -0.4 is 5.32 Å². The van der Waals surface area contributed by atoms with E-state index in [9.17, 15) is 19.0 Å². The Morgan fingerprint density at radius 3 is 1.39 bits per heavy atom. The number of quaternary nitrogens is 1. The highest BCUT2D eigenvalue weighted by molar-refractivity contribution is 7.47. The maximum atomic E-state index is 13.4. The number of rotatable bonds is 48. The van der Waals surface area contributed by atoms with E-state index in [0.717, 1.165) is 96.3 Å². The number of esters is 1. The van der Waals surface area contributed by atoms with Gasteiger partial charge in [0.25, 0.3) is 0 Å². The second kappa shape index (κ2) is 45.0. The summed E-state index contributed by atoms with van der Waals surface area (Å²) in [5.41, 5.74) is 0. The van der Waals surface area contributed by atoms with Crippen LogP contribution in [0.3, 0.4) is 0 Å². The van der Waals surface area contributed by atoms with E-state index in [4.69, 9.17) is 13.8 Å². The molecule has 376 valence electrons. The number of hydrogen-bond acceptors (Lipinski definition) is 6. The molecule has 0 radical (unpaired) electrons. The van der Waals surface area contributed by atoms with Gasteiger partial charge in [0.15, 0.2) is 0 Å². The Bertz CT molecular complexity index is 1200. The Labute approximate surface area is 396 Å². The van der Waals surface area contributed by atoms with E-state index in [0.29, 0.717) is 17.4 Å². The highest BCUT2D eigenvalue weighted by Crippen LogP contribution is 2.43. The molecule has 10 heteroatoms. The van der Waals surface area contributed by atoms with Crippen molar-refractivity contribution < 1.29 is 37.3 Å². The van der Waals surface area contributed by atoms with Gasteiger partial charge in [-0.05, 0) is 76.7 Å². The van der Waals surface area contributed by atoms with Gasteiger partial charge in [0.2, 0.25) is 5.91 Å². The van der Waals surface area contributed by atoms with Gasteiger partial charge in [-0.15, -0.1) is 0 Å². The van der Waals surface area contributed by atoms with Crippen molar-refractivity contribution in [2.75, 3.05) is 40.9 Å². The number of hydrogen-bond donors (Lipinski definition) is 2. The Kier molecular flexibility index (Phi) is 43.8. The molecule has 3 atom stereocenters. The lowest BCUT2D eigenvalue weighted by Gasteiger charge is -2.27. The second-order valence-electron chi connectivity index (χ2n) is 19.4.